The number of rotatable bonds is 3. The maximum absolute atomic E-state index is 9.82. The number of nitrogens with zero attached hydrogens (tertiary/aromatic N) is 2. The molecule has 2 heterocycles. The van der Waals surface area contributed by atoms with E-state index >= 15 is 0 Å². The highest BCUT2D eigenvalue weighted by Gasteiger charge is 2.25. The van der Waals surface area contributed by atoms with Crippen molar-refractivity contribution in [1.29, 1.82) is 0 Å². The maximum Gasteiger partial charge on any atom is 0.219 e. The minimum Gasteiger partial charge on any atom is -0.493 e. The van der Waals surface area contributed by atoms with Crippen LogP contribution in [0.15, 0.2) is 4.99 Å². The maximum atomic E-state index is 9.82. The van der Waals surface area contributed by atoms with Gasteiger partial charge in [-0.25, -0.2) is 4.99 Å². The summed E-state index contributed by atoms with van der Waals surface area (Å²) >= 11 is 0. The molecule has 0 saturated carbocycles. The van der Waals surface area contributed by atoms with Crippen LogP contribution in [0.5, 0.6) is 0 Å². The lowest BCUT2D eigenvalue weighted by Crippen LogP contribution is -2.21. The predicted octanol–water partition coefficient (Wildman–Crippen LogP) is 1.40. The van der Waals surface area contributed by atoms with E-state index in [-0.39, 0.29) is 5.90 Å². The van der Waals surface area contributed by atoms with Crippen LogP contribution in [-0.2, 0) is 12.8 Å². The molecule has 5 heteroatoms. The predicted molar refractivity (Wildman–Crippen MR) is 65.6 cm³/mol. The summed E-state index contributed by atoms with van der Waals surface area (Å²) in [6.07, 6.45) is 2.80. The van der Waals surface area contributed by atoms with Crippen LogP contribution in [0.4, 0.5) is 5.82 Å². The van der Waals surface area contributed by atoms with E-state index in [0.717, 1.165) is 41.9 Å². The van der Waals surface area contributed by atoms with E-state index in [1.54, 1.807) is 4.68 Å². The number of nitrogens with two attached hydrogens (primary N) is 1. The molecule has 0 saturated heterocycles. The third kappa shape index (κ3) is 1.43. The van der Waals surface area contributed by atoms with Crippen LogP contribution >= 0.6 is 0 Å². The highest BCUT2D eigenvalue weighted by Crippen LogP contribution is 2.29. The van der Waals surface area contributed by atoms with E-state index < -0.39 is 0 Å². The molecule has 88 valence electrons. The van der Waals surface area contributed by atoms with Gasteiger partial charge in [-0.3, -0.25) is 4.68 Å². The quantitative estimate of drug-likeness (QED) is 0.677. The number of aliphatic hydroxyl groups excluding tert-OH is 1. The summed E-state index contributed by atoms with van der Waals surface area (Å²) in [7, 11) is 0. The third-order valence-corrected chi connectivity index (χ3v) is 2.96. The first-order chi connectivity index (χ1) is 7.70. The normalized spacial score (nSPS) is 14.2. The molecule has 4 N–H and O–H groups in total. The molecule has 0 unspecified atom stereocenters. The number of aromatic nitrogens is 1. The summed E-state index contributed by atoms with van der Waals surface area (Å²) in [4.78, 5) is 3.99. The first-order valence-corrected chi connectivity index (χ1v) is 5.69. The summed E-state index contributed by atoms with van der Waals surface area (Å²) in [5.41, 5.74) is 2.97. The SMILES string of the molecule is CCCc1c(CC)c2c(n1N)NCN=C2O. The van der Waals surface area contributed by atoms with E-state index in [2.05, 4.69) is 24.2 Å². The van der Waals surface area contributed by atoms with Gasteiger partial charge in [0.2, 0.25) is 5.90 Å². The van der Waals surface area contributed by atoms with E-state index in [1.807, 2.05) is 0 Å². The van der Waals surface area contributed by atoms with Gasteiger partial charge in [0.25, 0.3) is 0 Å². The molecule has 0 fully saturated rings. The Hall–Kier alpha value is -1.65. The van der Waals surface area contributed by atoms with Gasteiger partial charge in [-0.05, 0) is 18.4 Å². The Kier molecular flexibility index (Phi) is 2.77. The van der Waals surface area contributed by atoms with E-state index in [0.29, 0.717) is 6.67 Å². The van der Waals surface area contributed by atoms with Crippen molar-refractivity contribution in [1.82, 2.24) is 4.68 Å². The Bertz CT molecular complexity index is 434. The first kappa shape index (κ1) is 10.9. The molecule has 16 heavy (non-hydrogen) atoms. The van der Waals surface area contributed by atoms with Crippen LogP contribution in [-0.4, -0.2) is 22.3 Å². The summed E-state index contributed by atoms with van der Waals surface area (Å²) in [6, 6.07) is 0. The van der Waals surface area contributed by atoms with E-state index in [4.69, 9.17) is 5.84 Å². The number of hydrogen-bond donors (Lipinski definition) is 3. The molecular weight excluding hydrogens is 204 g/mol. The number of nitrogen functional groups attached to an aromatic ring is 1. The minimum atomic E-state index is 0.104. The Morgan fingerprint density at radius 2 is 2.25 bits per heavy atom. The Morgan fingerprint density at radius 3 is 2.88 bits per heavy atom. The zero-order valence-electron chi connectivity index (χ0n) is 9.75. The second-order valence-electron chi connectivity index (χ2n) is 3.94. The van der Waals surface area contributed by atoms with Gasteiger partial charge in [0, 0.05) is 5.69 Å². The van der Waals surface area contributed by atoms with Gasteiger partial charge in [0.05, 0.1) is 5.56 Å². The smallest absolute Gasteiger partial charge is 0.219 e. The average molecular weight is 222 g/mol. The second kappa shape index (κ2) is 4.08. The number of hydrogen-bond acceptors (Lipinski definition) is 3. The number of aliphatic imine (C=N–C) groups is 1. The van der Waals surface area contributed by atoms with Gasteiger partial charge in [0.15, 0.2) is 0 Å². The van der Waals surface area contributed by atoms with E-state index in [9.17, 15) is 5.11 Å². The standard InChI is InChI=1S/C11H18N4O/c1-3-5-8-7(4-2)9-10(15(8)12)13-6-14-11(9)16/h13H,3-6,12H2,1-2H3,(H,14,16). The molecule has 1 aromatic heterocycles. The van der Waals surface area contributed by atoms with Crippen molar-refractivity contribution in [2.75, 3.05) is 17.8 Å². The lowest BCUT2D eigenvalue weighted by atomic mass is 10.0. The molecule has 0 bridgehead atoms. The fraction of sp³-hybridized carbons (Fsp3) is 0.545. The largest absolute Gasteiger partial charge is 0.493 e. The molecule has 2 rings (SSSR count). The topological polar surface area (TPSA) is 75.6 Å². The van der Waals surface area contributed by atoms with Gasteiger partial charge in [0.1, 0.15) is 12.5 Å². The third-order valence-electron chi connectivity index (χ3n) is 2.96. The number of nitrogens with one attached hydrogen (secondary N) is 1. The molecule has 0 radical (unpaired) electrons. The van der Waals surface area contributed by atoms with Crippen LogP contribution in [0.1, 0.15) is 37.1 Å². The molecule has 1 aromatic rings. The Morgan fingerprint density at radius 1 is 1.50 bits per heavy atom. The zero-order valence-corrected chi connectivity index (χ0v) is 9.75. The van der Waals surface area contributed by atoms with Crippen molar-refractivity contribution in [3.05, 3.63) is 16.8 Å². The van der Waals surface area contributed by atoms with Crippen molar-refractivity contribution in [3.8, 4) is 0 Å². The van der Waals surface area contributed by atoms with Gasteiger partial charge in [-0.2, -0.15) is 0 Å². The highest BCUT2D eigenvalue weighted by atomic mass is 16.3. The molecular formula is C11H18N4O. The van der Waals surface area contributed by atoms with Crippen LogP contribution in [0.25, 0.3) is 0 Å². The van der Waals surface area contributed by atoms with Crippen molar-refractivity contribution in [2.24, 2.45) is 4.99 Å². The number of aliphatic hydroxyl groups is 1. The van der Waals surface area contributed by atoms with Gasteiger partial charge < -0.3 is 16.3 Å². The monoisotopic (exact) mass is 222 g/mol. The van der Waals surface area contributed by atoms with Crippen molar-refractivity contribution in [3.63, 3.8) is 0 Å². The molecule has 0 spiro atoms. The Labute approximate surface area is 94.9 Å². The second-order valence-corrected chi connectivity index (χ2v) is 3.94. The van der Waals surface area contributed by atoms with Crippen LogP contribution in [0, 0.1) is 0 Å². The summed E-state index contributed by atoms with van der Waals surface area (Å²) in [5.74, 6) is 6.93. The molecule has 0 amide bonds. The minimum absolute atomic E-state index is 0.104. The molecule has 0 atom stereocenters. The fourth-order valence-corrected chi connectivity index (χ4v) is 2.26. The van der Waals surface area contributed by atoms with Crippen LogP contribution in [0.3, 0.4) is 0 Å². The first-order valence-electron chi connectivity index (χ1n) is 5.69. The number of anilines is 1. The molecule has 0 aliphatic carbocycles. The van der Waals surface area contributed by atoms with Crippen molar-refractivity contribution >= 4 is 11.7 Å². The van der Waals surface area contributed by atoms with Crippen molar-refractivity contribution in [2.45, 2.75) is 33.1 Å². The lowest BCUT2D eigenvalue weighted by Gasteiger charge is -2.13. The van der Waals surface area contributed by atoms with E-state index in [1.165, 1.54) is 0 Å². The lowest BCUT2D eigenvalue weighted by molar-refractivity contribution is 0.548. The molecule has 1 aliphatic heterocycles. The van der Waals surface area contributed by atoms with Crippen LogP contribution in [0.2, 0.25) is 0 Å². The molecule has 1 aliphatic rings. The summed E-state index contributed by atoms with van der Waals surface area (Å²) in [6.45, 7) is 4.57. The summed E-state index contributed by atoms with van der Waals surface area (Å²) in [5, 5.41) is 12.9. The summed E-state index contributed by atoms with van der Waals surface area (Å²) < 4.78 is 1.66. The van der Waals surface area contributed by atoms with Crippen molar-refractivity contribution < 1.29 is 5.11 Å². The van der Waals surface area contributed by atoms with Gasteiger partial charge >= 0.3 is 0 Å². The van der Waals surface area contributed by atoms with Gasteiger partial charge in [-0.1, -0.05) is 20.3 Å². The van der Waals surface area contributed by atoms with Gasteiger partial charge in [-0.15, -0.1) is 0 Å². The fourth-order valence-electron chi connectivity index (χ4n) is 2.26. The Balaban J connectivity index is 2.61. The molecule has 5 nitrogen and oxygen atoms in total. The van der Waals surface area contributed by atoms with Crippen LogP contribution < -0.4 is 11.2 Å². The average Bonchev–Trinajstić information content (AvgIpc) is 2.55. The highest BCUT2D eigenvalue weighted by molar-refractivity contribution is 6.01. The molecule has 0 aromatic carbocycles. The zero-order chi connectivity index (χ0) is 11.7. The number of fused-ring (bicyclic) bond motifs is 1.